The van der Waals surface area contributed by atoms with Crippen molar-refractivity contribution in [2.45, 2.75) is 31.3 Å². The highest BCUT2D eigenvalue weighted by Crippen LogP contribution is 2.42. The first-order valence-corrected chi connectivity index (χ1v) is 7.65. The molecular weight excluding hydrogens is 284 g/mol. The fourth-order valence-corrected chi connectivity index (χ4v) is 4.84. The Balaban J connectivity index is 1.81. The first-order chi connectivity index (χ1) is 7.78. The van der Waals surface area contributed by atoms with Crippen molar-refractivity contribution in [3.63, 3.8) is 0 Å². The van der Waals surface area contributed by atoms with Crippen LogP contribution in [-0.2, 0) is 0 Å². The number of piperidine rings is 1. The van der Waals surface area contributed by atoms with E-state index in [0.29, 0.717) is 6.04 Å². The average molecular weight is 301 g/mol. The lowest BCUT2D eigenvalue weighted by Gasteiger charge is -2.33. The van der Waals surface area contributed by atoms with Crippen LogP contribution in [0.1, 0.15) is 30.2 Å². The summed E-state index contributed by atoms with van der Waals surface area (Å²) in [6, 6.07) is 3.49. The van der Waals surface area contributed by atoms with Gasteiger partial charge in [0.1, 0.15) is 0 Å². The van der Waals surface area contributed by atoms with Crippen LogP contribution in [0.4, 0.5) is 0 Å². The Morgan fingerprint density at radius 2 is 2.44 bits per heavy atom. The third-order valence-corrected chi connectivity index (χ3v) is 5.79. The van der Waals surface area contributed by atoms with Crippen molar-refractivity contribution in [1.29, 1.82) is 0 Å². The van der Waals surface area contributed by atoms with Gasteiger partial charge >= 0.3 is 0 Å². The highest BCUT2D eigenvalue weighted by molar-refractivity contribution is 9.10. The van der Waals surface area contributed by atoms with Gasteiger partial charge in [0.05, 0.1) is 6.04 Å². The van der Waals surface area contributed by atoms with Gasteiger partial charge in [-0.3, -0.25) is 4.90 Å². The molecule has 1 saturated heterocycles. The normalized spacial score (nSPS) is 31.1. The lowest BCUT2D eigenvalue weighted by atomic mass is 10.1. The fourth-order valence-electron chi connectivity index (χ4n) is 3.26. The molecule has 0 radical (unpaired) electrons. The van der Waals surface area contributed by atoms with E-state index >= 15 is 0 Å². The van der Waals surface area contributed by atoms with E-state index in [1.807, 2.05) is 11.3 Å². The van der Waals surface area contributed by atoms with Crippen LogP contribution in [0.15, 0.2) is 15.9 Å². The molecule has 2 heterocycles. The Morgan fingerprint density at radius 3 is 2.94 bits per heavy atom. The van der Waals surface area contributed by atoms with Crippen LogP contribution in [0.25, 0.3) is 0 Å². The van der Waals surface area contributed by atoms with Crippen molar-refractivity contribution in [2.24, 2.45) is 11.7 Å². The molecule has 4 heteroatoms. The average Bonchev–Trinajstić information content (AvgIpc) is 2.96. The molecule has 0 aromatic carbocycles. The van der Waals surface area contributed by atoms with Gasteiger partial charge < -0.3 is 5.73 Å². The summed E-state index contributed by atoms with van der Waals surface area (Å²) < 4.78 is 1.19. The number of thiophene rings is 1. The van der Waals surface area contributed by atoms with Crippen LogP contribution in [0.5, 0.6) is 0 Å². The topological polar surface area (TPSA) is 29.3 Å². The van der Waals surface area contributed by atoms with Crippen LogP contribution in [0.3, 0.4) is 0 Å². The summed E-state index contributed by atoms with van der Waals surface area (Å²) in [6.45, 7) is 2.01. The third kappa shape index (κ3) is 1.86. The van der Waals surface area contributed by atoms with E-state index in [1.165, 1.54) is 35.2 Å². The Morgan fingerprint density at radius 1 is 1.56 bits per heavy atom. The summed E-state index contributed by atoms with van der Waals surface area (Å²) in [5, 5.41) is 2.16. The van der Waals surface area contributed by atoms with Crippen molar-refractivity contribution >= 4 is 27.3 Å². The van der Waals surface area contributed by atoms with Gasteiger partial charge in [0, 0.05) is 33.9 Å². The summed E-state index contributed by atoms with van der Waals surface area (Å²) in [4.78, 5) is 4.06. The van der Waals surface area contributed by atoms with E-state index in [2.05, 4.69) is 32.3 Å². The number of fused-ring (bicyclic) bond motifs is 2. The van der Waals surface area contributed by atoms with Crippen molar-refractivity contribution in [1.82, 2.24) is 4.90 Å². The molecule has 2 aliphatic rings. The lowest BCUT2D eigenvalue weighted by molar-refractivity contribution is 0.155. The second kappa shape index (κ2) is 4.41. The number of hydrogen-bond acceptors (Lipinski definition) is 3. The highest BCUT2D eigenvalue weighted by Gasteiger charge is 2.41. The van der Waals surface area contributed by atoms with Gasteiger partial charge in [0.2, 0.25) is 0 Å². The van der Waals surface area contributed by atoms with Crippen molar-refractivity contribution in [3.8, 4) is 0 Å². The molecule has 16 heavy (non-hydrogen) atoms. The summed E-state index contributed by atoms with van der Waals surface area (Å²) in [5.74, 6) is 0.947. The zero-order chi connectivity index (χ0) is 11.1. The van der Waals surface area contributed by atoms with Gasteiger partial charge in [-0.25, -0.2) is 0 Å². The predicted molar refractivity (Wildman–Crippen MR) is 71.6 cm³/mol. The number of halogens is 1. The van der Waals surface area contributed by atoms with E-state index in [1.54, 1.807) is 0 Å². The van der Waals surface area contributed by atoms with Gasteiger partial charge in [-0.1, -0.05) is 0 Å². The molecule has 2 nitrogen and oxygen atoms in total. The zero-order valence-electron chi connectivity index (χ0n) is 9.23. The minimum atomic E-state index is 0.451. The molecule has 88 valence electrons. The monoisotopic (exact) mass is 300 g/mol. The summed E-state index contributed by atoms with van der Waals surface area (Å²) in [7, 11) is 0. The molecule has 1 aliphatic carbocycles. The molecule has 1 aromatic rings. The third-order valence-electron chi connectivity index (χ3n) is 3.99. The van der Waals surface area contributed by atoms with Gasteiger partial charge in [0.25, 0.3) is 0 Å². The number of rotatable bonds is 3. The number of nitrogens with zero attached hydrogens (tertiary/aromatic N) is 1. The maximum absolute atomic E-state index is 5.98. The lowest BCUT2D eigenvalue weighted by Crippen LogP contribution is -2.38. The molecule has 3 rings (SSSR count). The quantitative estimate of drug-likeness (QED) is 0.930. The molecule has 2 fully saturated rings. The first kappa shape index (κ1) is 11.2. The minimum Gasteiger partial charge on any atom is -0.329 e. The second-order valence-corrected chi connectivity index (χ2v) is 6.81. The molecule has 0 spiro atoms. The van der Waals surface area contributed by atoms with Crippen molar-refractivity contribution in [3.05, 3.63) is 20.8 Å². The van der Waals surface area contributed by atoms with Gasteiger partial charge in [0.15, 0.2) is 0 Å². The molecular formula is C12H17BrN2S. The van der Waals surface area contributed by atoms with Crippen molar-refractivity contribution < 1.29 is 0 Å². The fraction of sp³-hybridized carbons (Fsp3) is 0.667. The van der Waals surface area contributed by atoms with Crippen LogP contribution in [0.2, 0.25) is 0 Å². The Labute approximate surface area is 109 Å². The largest absolute Gasteiger partial charge is 0.329 e. The van der Waals surface area contributed by atoms with Crippen LogP contribution in [0, 0.1) is 5.92 Å². The minimum absolute atomic E-state index is 0.451. The Hall–Kier alpha value is 0.1000. The summed E-state index contributed by atoms with van der Waals surface area (Å²) in [5.41, 5.74) is 5.98. The number of hydrogen-bond donors (Lipinski definition) is 1. The van der Waals surface area contributed by atoms with Crippen LogP contribution < -0.4 is 5.73 Å². The van der Waals surface area contributed by atoms with Crippen molar-refractivity contribution in [2.75, 3.05) is 13.1 Å². The van der Waals surface area contributed by atoms with Crippen LogP contribution >= 0.6 is 27.3 Å². The molecule has 3 unspecified atom stereocenters. The summed E-state index contributed by atoms with van der Waals surface area (Å²) >= 11 is 5.36. The zero-order valence-corrected chi connectivity index (χ0v) is 11.6. The molecule has 2 N–H and O–H groups in total. The SMILES string of the molecule is NCC(c1cc(Br)cs1)N1CC2CCC1C2. The van der Waals surface area contributed by atoms with Gasteiger partial charge in [-0.2, -0.15) is 0 Å². The maximum Gasteiger partial charge on any atom is 0.0567 e. The molecule has 1 saturated carbocycles. The number of likely N-dealkylation sites (tertiary alicyclic amines) is 1. The van der Waals surface area contributed by atoms with E-state index in [0.717, 1.165) is 18.5 Å². The van der Waals surface area contributed by atoms with Gasteiger partial charge in [-0.15, -0.1) is 11.3 Å². The van der Waals surface area contributed by atoms with E-state index < -0.39 is 0 Å². The van der Waals surface area contributed by atoms with E-state index in [4.69, 9.17) is 5.73 Å². The summed E-state index contributed by atoms with van der Waals surface area (Å²) in [6.07, 6.45) is 4.23. The highest BCUT2D eigenvalue weighted by atomic mass is 79.9. The Bertz CT molecular complexity index is 379. The first-order valence-electron chi connectivity index (χ1n) is 5.97. The standard InChI is InChI=1S/C12H17BrN2S/c13-9-4-12(16-7-9)11(5-14)15-6-8-1-2-10(15)3-8/h4,7-8,10-11H,1-3,5-6,14H2. The number of nitrogens with two attached hydrogens (primary N) is 1. The van der Waals surface area contributed by atoms with Gasteiger partial charge in [-0.05, 0) is 47.2 Å². The molecule has 2 bridgehead atoms. The smallest absolute Gasteiger partial charge is 0.0567 e. The molecule has 3 atom stereocenters. The second-order valence-electron chi connectivity index (χ2n) is 4.95. The van der Waals surface area contributed by atoms with E-state index in [9.17, 15) is 0 Å². The Kier molecular flexibility index (Phi) is 3.09. The maximum atomic E-state index is 5.98. The van der Waals surface area contributed by atoms with Crippen LogP contribution in [-0.4, -0.2) is 24.0 Å². The predicted octanol–water partition coefficient (Wildman–Crippen LogP) is 2.99. The molecule has 1 aromatic heterocycles. The molecule has 1 aliphatic heterocycles. The van der Waals surface area contributed by atoms with E-state index in [-0.39, 0.29) is 0 Å². The molecule has 0 amide bonds.